The van der Waals surface area contributed by atoms with Gasteiger partial charge in [-0.25, -0.2) is 17.6 Å². The van der Waals surface area contributed by atoms with Crippen LogP contribution < -0.4 is 4.72 Å². The Morgan fingerprint density at radius 2 is 2.00 bits per heavy atom. The van der Waals surface area contributed by atoms with Gasteiger partial charge in [-0.3, -0.25) is 0 Å². The number of aromatic nitrogens is 1. The maximum atomic E-state index is 14.3. The van der Waals surface area contributed by atoms with E-state index in [2.05, 4.69) is 14.5 Å². The van der Waals surface area contributed by atoms with Crippen molar-refractivity contribution >= 4 is 16.0 Å². The fraction of sp³-hybridized carbons (Fsp3) is 0.583. The predicted molar refractivity (Wildman–Crippen MR) is 71.4 cm³/mol. The van der Waals surface area contributed by atoms with Crippen LogP contribution in [0.3, 0.4) is 0 Å². The summed E-state index contributed by atoms with van der Waals surface area (Å²) in [7, 11) is -4.91. The Kier molecular flexibility index (Phi) is 4.67. The number of carbonyl (C=O) groups is 1. The van der Waals surface area contributed by atoms with Gasteiger partial charge in [-0.15, -0.1) is 0 Å². The molecule has 1 aliphatic rings. The molecule has 2 rings (SSSR count). The molecule has 0 radical (unpaired) electrons. The van der Waals surface area contributed by atoms with Gasteiger partial charge in [-0.05, 0) is 13.8 Å². The minimum Gasteiger partial charge on any atom is -0.461 e. The lowest BCUT2D eigenvalue weighted by atomic mass is 9.99. The summed E-state index contributed by atoms with van der Waals surface area (Å²) in [6.07, 6.45) is -4.93. The third-order valence-corrected chi connectivity index (χ3v) is 5.07. The lowest BCUT2D eigenvalue weighted by Crippen LogP contribution is -2.70. The van der Waals surface area contributed by atoms with Gasteiger partial charge in [0.15, 0.2) is 17.1 Å². The molecule has 0 aliphatic carbocycles. The van der Waals surface area contributed by atoms with Crippen molar-refractivity contribution in [2.45, 2.75) is 30.5 Å². The summed E-state index contributed by atoms with van der Waals surface area (Å²) in [6, 6.07) is 0. The Hall–Kier alpha value is -1.66. The Bertz CT molecular complexity index is 752. The molecule has 2 heterocycles. The molecule has 7 nitrogen and oxygen atoms in total. The molecule has 1 aliphatic heterocycles. The second-order valence-electron chi connectivity index (χ2n) is 5.17. The number of nitrogens with one attached hydrogen (secondary N) is 2. The number of alkyl halides is 3. The number of esters is 1. The molecule has 1 saturated heterocycles. The van der Waals surface area contributed by atoms with E-state index < -0.39 is 57.3 Å². The van der Waals surface area contributed by atoms with Crippen LogP contribution in [0.4, 0.5) is 17.6 Å². The summed E-state index contributed by atoms with van der Waals surface area (Å²) in [5, 5.41) is 0. The van der Waals surface area contributed by atoms with Gasteiger partial charge >= 0.3 is 12.1 Å². The smallest absolute Gasteiger partial charge is 0.412 e. The fourth-order valence-electron chi connectivity index (χ4n) is 2.14. The Balaban J connectivity index is 2.42. The van der Waals surface area contributed by atoms with E-state index in [4.69, 9.17) is 0 Å². The molecule has 2 N–H and O–H groups in total. The highest BCUT2D eigenvalue weighted by atomic mass is 32.2. The van der Waals surface area contributed by atoms with Crippen molar-refractivity contribution in [1.29, 1.82) is 0 Å². The summed E-state index contributed by atoms with van der Waals surface area (Å²) in [5.41, 5.74) is -3.94. The highest BCUT2D eigenvalue weighted by molar-refractivity contribution is 7.89. The molecule has 12 heteroatoms. The first kappa shape index (κ1) is 18.7. The second-order valence-corrected chi connectivity index (χ2v) is 6.79. The molecule has 0 spiro atoms. The molecule has 0 aromatic carbocycles. The van der Waals surface area contributed by atoms with Crippen molar-refractivity contribution in [2.75, 3.05) is 19.8 Å². The van der Waals surface area contributed by atoms with Crippen molar-refractivity contribution in [3.63, 3.8) is 0 Å². The zero-order valence-corrected chi connectivity index (χ0v) is 13.4. The van der Waals surface area contributed by atoms with E-state index >= 15 is 0 Å². The normalized spacial score (nSPS) is 17.4. The van der Waals surface area contributed by atoms with E-state index in [0.717, 1.165) is 6.92 Å². The predicted octanol–water partition coefficient (Wildman–Crippen LogP) is 1.25. The first-order chi connectivity index (χ1) is 11.0. The summed E-state index contributed by atoms with van der Waals surface area (Å²) in [6.45, 7) is 0.620. The SMILES string of the molecule is CCOC(=O)c1[nH]c(C)c(S(=O)(=O)NC2(C(F)(F)F)COC2)c1F. The first-order valence-electron chi connectivity index (χ1n) is 6.69. The Morgan fingerprint density at radius 1 is 1.42 bits per heavy atom. The van der Waals surface area contributed by atoms with Gasteiger partial charge in [0.1, 0.15) is 4.90 Å². The number of halogens is 4. The molecular weight excluding hydrogens is 360 g/mol. The Labute approximate surface area is 134 Å². The van der Waals surface area contributed by atoms with E-state index in [1.54, 1.807) is 0 Å². The van der Waals surface area contributed by atoms with Crippen LogP contribution in [0.25, 0.3) is 0 Å². The zero-order chi connectivity index (χ0) is 18.3. The maximum Gasteiger partial charge on any atom is 0.412 e. The number of sulfonamides is 1. The minimum absolute atomic E-state index is 0.0921. The fourth-order valence-corrected chi connectivity index (χ4v) is 3.78. The van der Waals surface area contributed by atoms with E-state index in [0.29, 0.717) is 0 Å². The molecule has 0 unspecified atom stereocenters. The van der Waals surface area contributed by atoms with Crippen molar-refractivity contribution in [1.82, 2.24) is 9.71 Å². The molecule has 136 valence electrons. The van der Waals surface area contributed by atoms with Crippen LogP contribution in [0.15, 0.2) is 4.90 Å². The monoisotopic (exact) mass is 374 g/mol. The summed E-state index contributed by atoms with van der Waals surface area (Å²) in [4.78, 5) is 12.7. The van der Waals surface area contributed by atoms with Gasteiger partial charge in [-0.1, -0.05) is 0 Å². The van der Waals surface area contributed by atoms with Crippen LogP contribution in [-0.2, 0) is 19.5 Å². The quantitative estimate of drug-likeness (QED) is 0.597. The standard InChI is InChI=1S/C12H14F4N2O5S/c1-3-23-10(19)8-7(13)9(6(2)17-8)24(20,21)18-11(4-22-5-11)12(14,15)16/h17-18H,3-5H2,1-2H3. The number of H-pyrrole nitrogens is 1. The van der Waals surface area contributed by atoms with Crippen LogP contribution in [0.1, 0.15) is 23.1 Å². The number of ether oxygens (including phenoxy) is 2. The molecular formula is C12H14F4N2O5S. The number of carbonyl (C=O) groups excluding carboxylic acids is 1. The highest BCUT2D eigenvalue weighted by Crippen LogP contribution is 2.38. The molecule has 24 heavy (non-hydrogen) atoms. The van der Waals surface area contributed by atoms with Crippen LogP contribution in [0, 0.1) is 12.7 Å². The first-order valence-corrected chi connectivity index (χ1v) is 8.17. The maximum absolute atomic E-state index is 14.3. The highest BCUT2D eigenvalue weighted by Gasteiger charge is 2.62. The van der Waals surface area contributed by atoms with Crippen LogP contribution in [-0.4, -0.2) is 50.9 Å². The molecule has 1 aromatic heterocycles. The lowest BCUT2D eigenvalue weighted by Gasteiger charge is -2.42. The van der Waals surface area contributed by atoms with E-state index in [1.807, 2.05) is 0 Å². The summed E-state index contributed by atoms with van der Waals surface area (Å²) in [5.74, 6) is -2.66. The average molecular weight is 374 g/mol. The van der Waals surface area contributed by atoms with Crippen LogP contribution >= 0.6 is 0 Å². The van der Waals surface area contributed by atoms with Gasteiger partial charge in [0.2, 0.25) is 10.0 Å². The van der Waals surface area contributed by atoms with Gasteiger partial charge in [0, 0.05) is 5.69 Å². The molecule has 0 bridgehead atoms. The van der Waals surface area contributed by atoms with Crippen LogP contribution in [0.5, 0.6) is 0 Å². The van der Waals surface area contributed by atoms with Gasteiger partial charge in [0.25, 0.3) is 0 Å². The number of rotatable bonds is 5. The van der Waals surface area contributed by atoms with Crippen molar-refractivity contribution < 1.29 is 40.2 Å². The van der Waals surface area contributed by atoms with Gasteiger partial charge < -0.3 is 14.5 Å². The largest absolute Gasteiger partial charge is 0.461 e. The van der Waals surface area contributed by atoms with E-state index in [9.17, 15) is 30.8 Å². The van der Waals surface area contributed by atoms with Crippen molar-refractivity contribution in [3.8, 4) is 0 Å². The molecule has 1 fully saturated rings. The molecule has 0 atom stereocenters. The van der Waals surface area contributed by atoms with Crippen molar-refractivity contribution in [2.24, 2.45) is 0 Å². The van der Waals surface area contributed by atoms with Crippen molar-refractivity contribution in [3.05, 3.63) is 17.2 Å². The Morgan fingerprint density at radius 3 is 2.42 bits per heavy atom. The van der Waals surface area contributed by atoms with Crippen LogP contribution in [0.2, 0.25) is 0 Å². The second kappa shape index (κ2) is 6.01. The minimum atomic E-state index is -4.93. The topological polar surface area (TPSA) is 97.5 Å². The van der Waals surface area contributed by atoms with Gasteiger partial charge in [-0.2, -0.15) is 17.9 Å². The van der Waals surface area contributed by atoms with Gasteiger partial charge in [0.05, 0.1) is 19.8 Å². The summed E-state index contributed by atoms with van der Waals surface area (Å²) >= 11 is 0. The molecule has 0 saturated carbocycles. The van der Waals surface area contributed by atoms with E-state index in [-0.39, 0.29) is 12.3 Å². The molecule has 0 amide bonds. The third-order valence-electron chi connectivity index (χ3n) is 3.39. The number of aromatic amines is 1. The van der Waals surface area contributed by atoms with E-state index in [1.165, 1.54) is 11.6 Å². The number of aryl methyl sites for hydroxylation is 1. The lowest BCUT2D eigenvalue weighted by molar-refractivity contribution is -0.260. The zero-order valence-electron chi connectivity index (χ0n) is 12.6. The average Bonchev–Trinajstić information content (AvgIpc) is 2.69. The third kappa shape index (κ3) is 3.00. The number of hydrogen-bond acceptors (Lipinski definition) is 5. The molecule has 1 aromatic rings. The summed E-state index contributed by atoms with van der Waals surface area (Å²) < 4.78 is 88.4. The number of hydrogen-bond donors (Lipinski definition) is 2.